The smallest absolute Gasteiger partial charge is 0.345 e. The van der Waals surface area contributed by atoms with Gasteiger partial charge in [-0.3, -0.25) is 9.56 Å². The molecule has 2 aromatic rings. The van der Waals surface area contributed by atoms with E-state index in [1.807, 2.05) is 13.0 Å². The van der Waals surface area contributed by atoms with E-state index in [0.717, 1.165) is 49.5 Å². The molecule has 3 heterocycles. The Kier molecular flexibility index (Phi) is 7.52. The zero-order valence-corrected chi connectivity index (χ0v) is 17.6. The molecule has 1 atom stereocenters. The summed E-state index contributed by atoms with van der Waals surface area (Å²) in [5, 5.41) is 21.1. The Balaban J connectivity index is 1.48. The van der Waals surface area contributed by atoms with Crippen LogP contribution in [0.4, 0.5) is 0 Å². The van der Waals surface area contributed by atoms with Crippen molar-refractivity contribution in [2.45, 2.75) is 51.8 Å². The molecule has 0 amide bonds. The van der Waals surface area contributed by atoms with E-state index < -0.39 is 6.10 Å². The van der Waals surface area contributed by atoms with E-state index in [2.05, 4.69) is 20.7 Å². The molecule has 0 saturated carbocycles. The fourth-order valence-corrected chi connectivity index (χ4v) is 4.18. The predicted octanol–water partition coefficient (Wildman–Crippen LogP) is 1.77. The molecule has 1 aliphatic rings. The molecule has 0 fully saturated rings. The van der Waals surface area contributed by atoms with Crippen molar-refractivity contribution in [2.24, 2.45) is 4.99 Å². The molecule has 2 aromatic heterocycles. The summed E-state index contributed by atoms with van der Waals surface area (Å²) in [6.07, 6.45) is 3.11. The van der Waals surface area contributed by atoms with Crippen LogP contribution in [0.15, 0.2) is 21.9 Å². The Morgan fingerprint density at radius 3 is 3.00 bits per heavy atom. The number of nitrogens with zero attached hydrogens (tertiary/aromatic N) is 4. The van der Waals surface area contributed by atoms with E-state index in [0.29, 0.717) is 23.4 Å². The van der Waals surface area contributed by atoms with Gasteiger partial charge in [0.15, 0.2) is 5.96 Å². The second-order valence-corrected chi connectivity index (χ2v) is 8.43. The van der Waals surface area contributed by atoms with Crippen LogP contribution in [0.1, 0.15) is 43.0 Å². The summed E-state index contributed by atoms with van der Waals surface area (Å²) >= 11 is 7.27. The lowest BCUT2D eigenvalue weighted by Crippen LogP contribution is -2.38. The first-order valence-electron chi connectivity index (χ1n) is 9.70. The van der Waals surface area contributed by atoms with E-state index in [1.54, 1.807) is 15.3 Å². The Morgan fingerprint density at radius 1 is 1.43 bits per heavy atom. The van der Waals surface area contributed by atoms with Crippen molar-refractivity contribution in [1.82, 2.24) is 25.0 Å². The standard InChI is InChI=1S/C18H27ClN6O2S/c1-2-20-17(22-12-13(26)14-7-8-15(19)28-14)21-9-5-11-25-18(27)24-10-4-3-6-16(24)23-25/h7-8,13,26H,2-6,9-12H2,1H3,(H2,20,21,22). The summed E-state index contributed by atoms with van der Waals surface area (Å²) in [5.41, 5.74) is -0.00648. The number of aliphatic hydroxyl groups excluding tert-OH is 1. The summed E-state index contributed by atoms with van der Waals surface area (Å²) in [5.74, 6) is 1.54. The minimum atomic E-state index is -0.677. The van der Waals surface area contributed by atoms with Crippen LogP contribution in [0.2, 0.25) is 4.34 Å². The lowest BCUT2D eigenvalue weighted by atomic mass is 10.2. The topological polar surface area (TPSA) is 96.5 Å². The number of aromatic nitrogens is 3. The lowest BCUT2D eigenvalue weighted by molar-refractivity contribution is 0.191. The van der Waals surface area contributed by atoms with Gasteiger partial charge in [0.25, 0.3) is 0 Å². The van der Waals surface area contributed by atoms with E-state index in [1.165, 1.54) is 11.3 Å². The summed E-state index contributed by atoms with van der Waals surface area (Å²) in [7, 11) is 0. The van der Waals surface area contributed by atoms with Gasteiger partial charge in [-0.05, 0) is 38.3 Å². The molecule has 154 valence electrons. The first-order chi connectivity index (χ1) is 13.6. The molecular formula is C18H27ClN6O2S. The number of hydrogen-bond donors (Lipinski definition) is 3. The van der Waals surface area contributed by atoms with E-state index in [9.17, 15) is 9.90 Å². The number of aliphatic imine (C=N–C) groups is 1. The van der Waals surface area contributed by atoms with Crippen molar-refractivity contribution in [3.05, 3.63) is 37.7 Å². The predicted molar refractivity (Wildman–Crippen MR) is 112 cm³/mol. The van der Waals surface area contributed by atoms with Crippen LogP contribution in [0.25, 0.3) is 0 Å². The van der Waals surface area contributed by atoms with Crippen molar-refractivity contribution in [1.29, 1.82) is 0 Å². The SMILES string of the molecule is CCNC(=NCC(O)c1ccc(Cl)s1)NCCCn1nc2n(c1=O)CCCC2. The van der Waals surface area contributed by atoms with Gasteiger partial charge in [-0.1, -0.05) is 11.6 Å². The number of thiophene rings is 1. The quantitative estimate of drug-likeness (QED) is 0.339. The molecule has 0 saturated heterocycles. The van der Waals surface area contributed by atoms with Crippen LogP contribution in [-0.4, -0.2) is 45.0 Å². The summed E-state index contributed by atoms with van der Waals surface area (Å²) in [6.45, 7) is 4.96. The third-order valence-electron chi connectivity index (χ3n) is 4.56. The molecule has 10 heteroatoms. The second-order valence-electron chi connectivity index (χ2n) is 6.69. The molecule has 0 aliphatic carbocycles. The Hall–Kier alpha value is -1.84. The van der Waals surface area contributed by atoms with Gasteiger partial charge >= 0.3 is 5.69 Å². The summed E-state index contributed by atoms with van der Waals surface area (Å²) < 4.78 is 4.01. The third-order valence-corrected chi connectivity index (χ3v) is 5.89. The maximum atomic E-state index is 12.3. The van der Waals surface area contributed by atoms with Gasteiger partial charge in [0.05, 0.1) is 10.9 Å². The average molecular weight is 427 g/mol. The lowest BCUT2D eigenvalue weighted by Gasteiger charge is -2.12. The van der Waals surface area contributed by atoms with E-state index in [4.69, 9.17) is 11.6 Å². The van der Waals surface area contributed by atoms with Crippen LogP contribution < -0.4 is 16.3 Å². The number of hydrogen-bond acceptors (Lipinski definition) is 5. The molecular weight excluding hydrogens is 400 g/mol. The Bertz CT molecular complexity index is 859. The molecule has 3 rings (SSSR count). The second kappa shape index (κ2) is 10.1. The molecule has 0 bridgehead atoms. The van der Waals surface area contributed by atoms with Crippen LogP contribution in [0.5, 0.6) is 0 Å². The van der Waals surface area contributed by atoms with Crippen LogP contribution >= 0.6 is 22.9 Å². The number of fused-ring (bicyclic) bond motifs is 1. The van der Waals surface area contributed by atoms with Crippen molar-refractivity contribution >= 4 is 28.9 Å². The number of guanidine groups is 1. The molecule has 8 nitrogen and oxygen atoms in total. The Morgan fingerprint density at radius 2 is 2.29 bits per heavy atom. The highest BCUT2D eigenvalue weighted by atomic mass is 35.5. The van der Waals surface area contributed by atoms with Gasteiger partial charge in [-0.2, -0.15) is 5.10 Å². The highest BCUT2D eigenvalue weighted by molar-refractivity contribution is 7.16. The molecule has 0 radical (unpaired) electrons. The summed E-state index contributed by atoms with van der Waals surface area (Å²) in [4.78, 5) is 17.6. The molecule has 0 aromatic carbocycles. The highest BCUT2D eigenvalue weighted by Gasteiger charge is 2.16. The first kappa shape index (κ1) is 20.9. The number of aliphatic hydroxyl groups is 1. The van der Waals surface area contributed by atoms with Crippen LogP contribution in [0.3, 0.4) is 0 Å². The Labute approximate surface area is 173 Å². The van der Waals surface area contributed by atoms with Gasteiger partial charge in [0.2, 0.25) is 0 Å². The third kappa shape index (κ3) is 5.36. The monoisotopic (exact) mass is 426 g/mol. The van der Waals surface area contributed by atoms with Gasteiger partial charge in [0, 0.05) is 37.5 Å². The normalized spacial score (nSPS) is 15.3. The molecule has 0 spiro atoms. The van der Waals surface area contributed by atoms with Crippen molar-refractivity contribution in [3.63, 3.8) is 0 Å². The minimum Gasteiger partial charge on any atom is -0.386 e. The van der Waals surface area contributed by atoms with Gasteiger partial charge in [0.1, 0.15) is 11.9 Å². The first-order valence-corrected chi connectivity index (χ1v) is 10.9. The number of nitrogens with one attached hydrogen (secondary N) is 2. The highest BCUT2D eigenvalue weighted by Crippen LogP contribution is 2.26. The van der Waals surface area contributed by atoms with Crippen molar-refractivity contribution in [3.8, 4) is 0 Å². The largest absolute Gasteiger partial charge is 0.386 e. The van der Waals surface area contributed by atoms with Gasteiger partial charge in [-0.15, -0.1) is 11.3 Å². The number of halogens is 1. The number of aryl methyl sites for hydroxylation is 2. The van der Waals surface area contributed by atoms with Crippen LogP contribution in [-0.2, 0) is 19.5 Å². The zero-order valence-electron chi connectivity index (χ0n) is 16.0. The maximum Gasteiger partial charge on any atom is 0.345 e. The fraction of sp³-hybridized carbons (Fsp3) is 0.611. The van der Waals surface area contributed by atoms with Crippen LogP contribution in [0, 0.1) is 0 Å². The van der Waals surface area contributed by atoms with E-state index >= 15 is 0 Å². The molecule has 1 unspecified atom stereocenters. The average Bonchev–Trinajstić information content (AvgIpc) is 3.27. The fourth-order valence-electron chi connectivity index (χ4n) is 3.15. The van der Waals surface area contributed by atoms with Gasteiger partial charge < -0.3 is 15.7 Å². The molecule has 28 heavy (non-hydrogen) atoms. The number of rotatable bonds is 8. The van der Waals surface area contributed by atoms with E-state index in [-0.39, 0.29) is 12.2 Å². The minimum absolute atomic E-state index is 0.00648. The van der Waals surface area contributed by atoms with Crippen molar-refractivity contribution < 1.29 is 5.11 Å². The van der Waals surface area contributed by atoms with Gasteiger partial charge in [-0.25, -0.2) is 9.48 Å². The molecule has 1 aliphatic heterocycles. The van der Waals surface area contributed by atoms with Crippen molar-refractivity contribution in [2.75, 3.05) is 19.6 Å². The maximum absolute atomic E-state index is 12.3. The zero-order chi connectivity index (χ0) is 19.9. The summed E-state index contributed by atoms with van der Waals surface area (Å²) in [6, 6.07) is 3.59. The molecule has 3 N–H and O–H groups in total.